The molecule has 0 aromatic carbocycles. The molecule has 21 heavy (non-hydrogen) atoms. The van der Waals surface area contributed by atoms with E-state index in [2.05, 4.69) is 9.80 Å². The fourth-order valence-corrected chi connectivity index (χ4v) is 4.30. The van der Waals surface area contributed by atoms with Crippen LogP contribution in [0.2, 0.25) is 0 Å². The topological polar surface area (TPSA) is 49.6 Å². The molecule has 5 heteroatoms. The maximum Gasteiger partial charge on any atom is 0.266 e. The van der Waals surface area contributed by atoms with Gasteiger partial charge < -0.3 is 15.5 Å². The zero-order valence-corrected chi connectivity index (χ0v) is 13.4. The summed E-state index contributed by atoms with van der Waals surface area (Å²) in [7, 11) is 0. The van der Waals surface area contributed by atoms with Crippen molar-refractivity contribution in [3.05, 3.63) is 16.3 Å². The van der Waals surface area contributed by atoms with Gasteiger partial charge in [0, 0.05) is 19.1 Å². The van der Waals surface area contributed by atoms with Crippen LogP contribution in [0.1, 0.15) is 48.2 Å². The molecule has 0 radical (unpaired) electrons. The highest BCUT2D eigenvalue weighted by molar-refractivity contribution is 7.12. The Morgan fingerprint density at radius 1 is 1.24 bits per heavy atom. The Bertz CT molecular complexity index is 482. The van der Waals surface area contributed by atoms with Gasteiger partial charge in [0.1, 0.15) is 4.88 Å². The molecule has 3 rings (SSSR count). The van der Waals surface area contributed by atoms with Crippen molar-refractivity contribution < 1.29 is 4.79 Å². The molecule has 0 aliphatic carbocycles. The van der Waals surface area contributed by atoms with Gasteiger partial charge in [-0.15, -0.1) is 11.3 Å². The minimum Gasteiger partial charge on any atom is -0.397 e. The first-order chi connectivity index (χ1) is 10.3. The Morgan fingerprint density at radius 2 is 2.00 bits per heavy atom. The van der Waals surface area contributed by atoms with Gasteiger partial charge in [0.2, 0.25) is 0 Å². The van der Waals surface area contributed by atoms with Crippen molar-refractivity contribution in [3.63, 3.8) is 0 Å². The predicted octanol–water partition coefficient (Wildman–Crippen LogP) is 2.81. The van der Waals surface area contributed by atoms with Gasteiger partial charge in [0.05, 0.1) is 5.69 Å². The lowest BCUT2D eigenvalue weighted by atomic mass is 9.98. The standard InChI is InChI=1S/C16H25N3OS/c17-14-7-12-21-15(14)16(20)19-10-2-1-5-13(19)6-11-18-8-3-4-9-18/h7,12-13H,1-6,8-11,17H2. The molecule has 2 aliphatic heterocycles. The number of likely N-dealkylation sites (tertiary alicyclic amines) is 2. The number of hydrogen-bond donors (Lipinski definition) is 1. The normalized spacial score (nSPS) is 23.6. The number of rotatable bonds is 4. The van der Waals surface area contributed by atoms with Crippen LogP contribution in [-0.4, -0.2) is 47.9 Å². The molecular weight excluding hydrogens is 282 g/mol. The van der Waals surface area contributed by atoms with Crippen LogP contribution >= 0.6 is 11.3 Å². The molecule has 1 atom stereocenters. The SMILES string of the molecule is Nc1ccsc1C(=O)N1CCCCC1CCN1CCCC1. The van der Waals surface area contributed by atoms with Crippen molar-refractivity contribution in [2.45, 2.75) is 44.6 Å². The molecule has 0 spiro atoms. The molecule has 3 heterocycles. The predicted molar refractivity (Wildman–Crippen MR) is 87.7 cm³/mol. The fraction of sp³-hybridized carbons (Fsp3) is 0.688. The number of carbonyl (C=O) groups excluding carboxylic acids is 1. The number of amides is 1. The molecule has 4 nitrogen and oxygen atoms in total. The monoisotopic (exact) mass is 307 g/mol. The van der Waals surface area contributed by atoms with Gasteiger partial charge in [-0.2, -0.15) is 0 Å². The smallest absolute Gasteiger partial charge is 0.266 e. The van der Waals surface area contributed by atoms with Crippen LogP contribution in [0.5, 0.6) is 0 Å². The third-order valence-corrected chi connectivity index (χ3v) is 5.67. The zero-order valence-electron chi connectivity index (χ0n) is 12.6. The summed E-state index contributed by atoms with van der Waals surface area (Å²) >= 11 is 1.47. The fourth-order valence-electron chi connectivity index (χ4n) is 3.53. The van der Waals surface area contributed by atoms with Gasteiger partial charge in [-0.05, 0) is 63.1 Å². The molecule has 0 saturated carbocycles. The molecule has 0 bridgehead atoms. The summed E-state index contributed by atoms with van der Waals surface area (Å²) in [6, 6.07) is 2.23. The van der Waals surface area contributed by atoms with Crippen LogP contribution in [0.3, 0.4) is 0 Å². The number of nitrogens with two attached hydrogens (primary N) is 1. The average Bonchev–Trinajstić information content (AvgIpc) is 3.16. The lowest BCUT2D eigenvalue weighted by Gasteiger charge is -2.36. The summed E-state index contributed by atoms with van der Waals surface area (Å²) in [4.78, 5) is 18.1. The number of hydrogen-bond acceptors (Lipinski definition) is 4. The molecule has 2 N–H and O–H groups in total. The number of nitrogen functional groups attached to an aromatic ring is 1. The quantitative estimate of drug-likeness (QED) is 0.930. The summed E-state index contributed by atoms with van der Waals surface area (Å²) < 4.78 is 0. The van der Waals surface area contributed by atoms with Gasteiger partial charge in [0.15, 0.2) is 0 Å². The highest BCUT2D eigenvalue weighted by atomic mass is 32.1. The number of nitrogens with zero attached hydrogens (tertiary/aromatic N) is 2. The largest absolute Gasteiger partial charge is 0.397 e. The van der Waals surface area contributed by atoms with Crippen molar-refractivity contribution in [1.29, 1.82) is 0 Å². The highest BCUT2D eigenvalue weighted by Gasteiger charge is 2.29. The number of thiophene rings is 1. The van der Waals surface area contributed by atoms with E-state index in [1.54, 1.807) is 0 Å². The van der Waals surface area contributed by atoms with Gasteiger partial charge in [-0.25, -0.2) is 0 Å². The molecule has 2 saturated heterocycles. The van der Waals surface area contributed by atoms with Crippen LogP contribution in [0.25, 0.3) is 0 Å². The summed E-state index contributed by atoms with van der Waals surface area (Å²) in [6.45, 7) is 4.49. The first-order valence-electron chi connectivity index (χ1n) is 8.12. The second-order valence-electron chi connectivity index (χ2n) is 6.19. The van der Waals surface area contributed by atoms with Crippen LogP contribution in [0, 0.1) is 0 Å². The van der Waals surface area contributed by atoms with Gasteiger partial charge in [-0.1, -0.05) is 0 Å². The van der Waals surface area contributed by atoms with Gasteiger partial charge >= 0.3 is 0 Å². The van der Waals surface area contributed by atoms with E-state index in [-0.39, 0.29) is 5.91 Å². The molecule has 1 aromatic rings. The molecule has 116 valence electrons. The number of piperidine rings is 1. The van der Waals surface area contributed by atoms with Crippen LogP contribution in [-0.2, 0) is 0 Å². The van der Waals surface area contributed by atoms with E-state index >= 15 is 0 Å². The van der Waals surface area contributed by atoms with Gasteiger partial charge in [-0.3, -0.25) is 4.79 Å². The molecule has 1 amide bonds. The summed E-state index contributed by atoms with van der Waals surface area (Å²) in [5, 5.41) is 1.91. The lowest BCUT2D eigenvalue weighted by Crippen LogP contribution is -2.45. The maximum atomic E-state index is 12.7. The van der Waals surface area contributed by atoms with E-state index in [9.17, 15) is 4.79 Å². The Hall–Kier alpha value is -1.07. The number of carbonyl (C=O) groups is 1. The van der Waals surface area contributed by atoms with E-state index in [0.29, 0.717) is 11.7 Å². The Balaban J connectivity index is 1.63. The van der Waals surface area contributed by atoms with Crippen molar-refractivity contribution in [1.82, 2.24) is 9.80 Å². The van der Waals surface area contributed by atoms with E-state index in [0.717, 1.165) is 37.2 Å². The van der Waals surface area contributed by atoms with E-state index < -0.39 is 0 Å². The minimum absolute atomic E-state index is 0.147. The maximum absolute atomic E-state index is 12.7. The van der Waals surface area contributed by atoms with Crippen molar-refractivity contribution in [2.24, 2.45) is 0 Å². The summed E-state index contributed by atoms with van der Waals surface area (Å²) in [5.74, 6) is 0.147. The van der Waals surface area contributed by atoms with E-state index in [1.165, 1.54) is 43.7 Å². The van der Waals surface area contributed by atoms with Crippen molar-refractivity contribution in [3.8, 4) is 0 Å². The molecule has 2 aliphatic rings. The van der Waals surface area contributed by atoms with Crippen molar-refractivity contribution >= 4 is 22.9 Å². The highest BCUT2D eigenvalue weighted by Crippen LogP contribution is 2.27. The number of anilines is 1. The first kappa shape index (κ1) is 14.9. The van der Waals surface area contributed by atoms with Crippen molar-refractivity contribution in [2.75, 3.05) is 31.9 Å². The van der Waals surface area contributed by atoms with E-state index in [1.807, 2.05) is 11.4 Å². The Kier molecular flexibility index (Phi) is 4.80. The molecule has 1 unspecified atom stereocenters. The average molecular weight is 307 g/mol. The van der Waals surface area contributed by atoms with E-state index in [4.69, 9.17) is 5.73 Å². The second-order valence-corrected chi connectivity index (χ2v) is 7.11. The molecule has 1 aromatic heterocycles. The van der Waals surface area contributed by atoms with Crippen LogP contribution in [0.15, 0.2) is 11.4 Å². The Morgan fingerprint density at radius 3 is 2.71 bits per heavy atom. The molecule has 2 fully saturated rings. The van der Waals surface area contributed by atoms with Gasteiger partial charge in [0.25, 0.3) is 5.91 Å². The summed E-state index contributed by atoms with van der Waals surface area (Å²) in [6.07, 6.45) is 7.28. The Labute approximate surface area is 130 Å². The summed E-state index contributed by atoms with van der Waals surface area (Å²) in [5.41, 5.74) is 6.55. The van der Waals surface area contributed by atoms with Crippen LogP contribution in [0.4, 0.5) is 5.69 Å². The third-order valence-electron chi connectivity index (χ3n) is 4.76. The zero-order chi connectivity index (χ0) is 14.7. The minimum atomic E-state index is 0.147. The lowest BCUT2D eigenvalue weighted by molar-refractivity contribution is 0.0594. The van der Waals surface area contributed by atoms with Crippen LogP contribution < -0.4 is 5.73 Å². The third kappa shape index (κ3) is 3.40. The first-order valence-corrected chi connectivity index (χ1v) is 9.00. The second kappa shape index (κ2) is 6.79. The molecular formula is C16H25N3OS.